The van der Waals surface area contributed by atoms with E-state index in [1.165, 1.54) is 34.8 Å². The first-order valence-corrected chi connectivity index (χ1v) is 15.2. The Morgan fingerprint density at radius 3 is 2.21 bits per heavy atom. The van der Waals surface area contributed by atoms with Crippen molar-refractivity contribution in [3.63, 3.8) is 0 Å². The zero-order valence-corrected chi connectivity index (χ0v) is 24.9. The SMILES string of the molecule is CC(C)CN(C[C@@H](O)[C@H](Cc1ccccc1)NC(=O)CN(Cc1ccccn1)C(=O)O)S(=O)(=O)c1ccc(CN=O)cc1. The quantitative estimate of drug-likeness (QED) is 0.207. The Morgan fingerprint density at radius 2 is 1.63 bits per heavy atom. The third-order valence-electron chi connectivity index (χ3n) is 6.56. The first-order chi connectivity index (χ1) is 20.5. The molecule has 3 N–H and O–H groups in total. The van der Waals surface area contributed by atoms with Crippen LogP contribution in [0.15, 0.2) is 89.1 Å². The predicted octanol–water partition coefficient (Wildman–Crippen LogP) is 3.26. The topological polar surface area (TPSA) is 170 Å². The summed E-state index contributed by atoms with van der Waals surface area (Å²) in [6.07, 6.45) is -0.963. The highest BCUT2D eigenvalue weighted by Gasteiger charge is 2.32. The van der Waals surface area contributed by atoms with Crippen molar-refractivity contribution in [1.82, 2.24) is 19.5 Å². The number of amides is 2. The smallest absolute Gasteiger partial charge is 0.408 e. The van der Waals surface area contributed by atoms with Crippen molar-refractivity contribution in [2.75, 3.05) is 19.6 Å². The largest absolute Gasteiger partial charge is 0.465 e. The number of nitroso groups, excluding NO2 is 1. The molecule has 0 unspecified atom stereocenters. The Bertz CT molecular complexity index is 1440. The van der Waals surface area contributed by atoms with Crippen LogP contribution in [-0.2, 0) is 34.3 Å². The number of aromatic nitrogens is 1. The van der Waals surface area contributed by atoms with E-state index >= 15 is 0 Å². The van der Waals surface area contributed by atoms with Crippen LogP contribution in [-0.4, -0.2) is 76.6 Å². The number of carbonyl (C=O) groups is 2. The molecule has 0 fully saturated rings. The molecule has 230 valence electrons. The first-order valence-electron chi connectivity index (χ1n) is 13.8. The molecule has 0 bridgehead atoms. The number of aliphatic hydroxyl groups excluding tert-OH is 1. The summed E-state index contributed by atoms with van der Waals surface area (Å²) in [5.74, 6) is -0.741. The second-order valence-corrected chi connectivity index (χ2v) is 12.5. The van der Waals surface area contributed by atoms with Gasteiger partial charge in [-0.05, 0) is 47.7 Å². The van der Waals surface area contributed by atoms with Crippen molar-refractivity contribution >= 4 is 22.0 Å². The molecule has 2 atom stereocenters. The summed E-state index contributed by atoms with van der Waals surface area (Å²) in [6, 6.07) is 19.0. The lowest BCUT2D eigenvalue weighted by molar-refractivity contribution is -0.123. The molecule has 13 heteroatoms. The zero-order chi connectivity index (χ0) is 31.4. The molecule has 2 amide bonds. The Morgan fingerprint density at radius 1 is 0.953 bits per heavy atom. The minimum Gasteiger partial charge on any atom is -0.465 e. The summed E-state index contributed by atoms with van der Waals surface area (Å²) in [5, 5.41) is 26.6. The lowest BCUT2D eigenvalue weighted by Crippen LogP contribution is -2.53. The Labute approximate surface area is 251 Å². The molecule has 12 nitrogen and oxygen atoms in total. The Kier molecular flexibility index (Phi) is 12.3. The summed E-state index contributed by atoms with van der Waals surface area (Å²) < 4.78 is 28.4. The maximum absolute atomic E-state index is 13.6. The molecule has 43 heavy (non-hydrogen) atoms. The highest BCUT2D eigenvalue weighted by molar-refractivity contribution is 7.89. The van der Waals surface area contributed by atoms with E-state index < -0.39 is 40.7 Å². The first kappa shape index (κ1) is 33.3. The summed E-state index contributed by atoms with van der Waals surface area (Å²) in [7, 11) is -4.06. The number of pyridine rings is 1. The molecule has 0 aliphatic carbocycles. The molecule has 0 spiro atoms. The van der Waals surface area contributed by atoms with Gasteiger partial charge in [-0.25, -0.2) is 13.2 Å². The monoisotopic (exact) mass is 611 g/mol. The van der Waals surface area contributed by atoms with Crippen LogP contribution in [0.1, 0.15) is 30.7 Å². The molecule has 0 radical (unpaired) electrons. The molecule has 0 aliphatic rings. The maximum atomic E-state index is 13.6. The van der Waals surface area contributed by atoms with Crippen molar-refractivity contribution in [3.05, 3.63) is 101 Å². The molecule has 3 aromatic rings. The van der Waals surface area contributed by atoms with Gasteiger partial charge in [0, 0.05) is 19.3 Å². The molecular weight excluding hydrogens is 574 g/mol. The molecule has 1 heterocycles. The lowest BCUT2D eigenvalue weighted by atomic mass is 10.0. The molecular formula is C30H37N5O7S. The minimum absolute atomic E-state index is 0.00901. The average Bonchev–Trinajstić information content (AvgIpc) is 2.97. The van der Waals surface area contributed by atoms with Crippen LogP contribution in [0.5, 0.6) is 0 Å². The highest BCUT2D eigenvalue weighted by Crippen LogP contribution is 2.20. The van der Waals surface area contributed by atoms with Crippen LogP contribution >= 0.6 is 0 Å². The van der Waals surface area contributed by atoms with Gasteiger partial charge in [0.05, 0.1) is 29.3 Å². The van der Waals surface area contributed by atoms with Crippen LogP contribution in [0.25, 0.3) is 0 Å². The van der Waals surface area contributed by atoms with Gasteiger partial charge >= 0.3 is 6.09 Å². The van der Waals surface area contributed by atoms with Gasteiger partial charge in [0.2, 0.25) is 15.9 Å². The van der Waals surface area contributed by atoms with Crippen LogP contribution in [0.2, 0.25) is 0 Å². The molecule has 3 rings (SSSR count). The van der Waals surface area contributed by atoms with Gasteiger partial charge in [-0.2, -0.15) is 9.21 Å². The van der Waals surface area contributed by atoms with Crippen molar-refractivity contribution in [3.8, 4) is 0 Å². The van der Waals surface area contributed by atoms with Crippen molar-refractivity contribution in [2.45, 2.75) is 50.4 Å². The third kappa shape index (κ3) is 10.2. The summed E-state index contributed by atoms with van der Waals surface area (Å²) in [6.45, 7) is 2.75. The van der Waals surface area contributed by atoms with E-state index in [-0.39, 0.29) is 43.4 Å². The van der Waals surface area contributed by atoms with Crippen LogP contribution in [0.4, 0.5) is 4.79 Å². The normalized spacial score (nSPS) is 13.0. The summed E-state index contributed by atoms with van der Waals surface area (Å²) in [5.41, 5.74) is 1.81. The Balaban J connectivity index is 1.83. The van der Waals surface area contributed by atoms with Crippen molar-refractivity contribution < 1.29 is 28.2 Å². The van der Waals surface area contributed by atoms with Crippen LogP contribution < -0.4 is 5.32 Å². The van der Waals surface area contributed by atoms with Gasteiger partial charge in [-0.3, -0.25) is 14.7 Å². The number of hydrogen-bond acceptors (Lipinski definition) is 8. The standard InChI is InChI=1S/C30H37N5O7S/c1-22(2)18-35(43(41,42)26-13-11-24(12-14-26)17-32-40)20-28(36)27(16-23-8-4-3-5-9-23)33-29(37)21-34(30(38)39)19-25-10-6-7-15-31-25/h3-15,22,27-28,36H,16-21H2,1-2H3,(H,33,37)(H,38,39)/t27-,28+/m0/s1. The van der Waals surface area contributed by atoms with Gasteiger partial charge < -0.3 is 15.5 Å². The van der Waals surface area contributed by atoms with E-state index in [9.17, 15) is 33.1 Å². The van der Waals surface area contributed by atoms with Gasteiger partial charge in [-0.1, -0.05) is 67.6 Å². The number of nitrogens with one attached hydrogen (secondary N) is 1. The fraction of sp³-hybridized carbons (Fsp3) is 0.367. The summed E-state index contributed by atoms with van der Waals surface area (Å²) in [4.78, 5) is 40.6. The fourth-order valence-electron chi connectivity index (χ4n) is 4.46. The number of rotatable bonds is 16. The van der Waals surface area contributed by atoms with Crippen LogP contribution in [0.3, 0.4) is 0 Å². The van der Waals surface area contributed by atoms with Gasteiger partial charge in [-0.15, -0.1) is 0 Å². The average molecular weight is 612 g/mol. The number of carbonyl (C=O) groups excluding carboxylic acids is 1. The van der Waals surface area contributed by atoms with Crippen molar-refractivity contribution in [1.29, 1.82) is 0 Å². The number of sulfonamides is 1. The second-order valence-electron chi connectivity index (χ2n) is 10.5. The zero-order valence-electron chi connectivity index (χ0n) is 24.1. The van der Waals surface area contributed by atoms with Gasteiger partial charge in [0.1, 0.15) is 13.1 Å². The predicted molar refractivity (Wildman–Crippen MR) is 160 cm³/mol. The molecule has 0 saturated carbocycles. The molecule has 0 saturated heterocycles. The molecule has 0 aliphatic heterocycles. The summed E-state index contributed by atoms with van der Waals surface area (Å²) >= 11 is 0. The number of carboxylic acid groups (broad SMARTS) is 1. The van der Waals surface area contributed by atoms with E-state index in [0.29, 0.717) is 11.3 Å². The van der Waals surface area contributed by atoms with Crippen molar-refractivity contribution in [2.24, 2.45) is 11.1 Å². The number of hydrogen-bond donors (Lipinski definition) is 3. The molecule has 2 aromatic carbocycles. The highest BCUT2D eigenvalue weighted by atomic mass is 32.2. The number of benzene rings is 2. The fourth-order valence-corrected chi connectivity index (χ4v) is 6.08. The van der Waals surface area contributed by atoms with Gasteiger partial charge in [0.15, 0.2) is 0 Å². The third-order valence-corrected chi connectivity index (χ3v) is 8.41. The molecule has 1 aromatic heterocycles. The van der Waals surface area contributed by atoms with E-state index in [4.69, 9.17) is 0 Å². The second kappa shape index (κ2) is 15.9. The van der Waals surface area contributed by atoms with Crippen LogP contribution in [0, 0.1) is 10.8 Å². The Hall–Kier alpha value is -4.20. The van der Waals surface area contributed by atoms with E-state index in [2.05, 4.69) is 15.5 Å². The van der Waals surface area contributed by atoms with Gasteiger partial charge in [0.25, 0.3) is 0 Å². The maximum Gasteiger partial charge on any atom is 0.408 e. The van der Waals surface area contributed by atoms with E-state index in [0.717, 1.165) is 10.5 Å². The van der Waals surface area contributed by atoms with E-state index in [1.54, 1.807) is 30.3 Å². The van der Waals surface area contributed by atoms with E-state index in [1.807, 2.05) is 32.0 Å². The minimum atomic E-state index is -4.06. The lowest BCUT2D eigenvalue weighted by Gasteiger charge is -2.31. The number of aliphatic hydroxyl groups is 1. The number of nitrogens with zero attached hydrogens (tertiary/aromatic N) is 4.